The highest BCUT2D eigenvalue weighted by atomic mass is 32.1. The molecule has 1 aliphatic rings. The molecule has 2 aromatic carbocycles. The molecule has 0 aliphatic carbocycles. The number of amides is 2. The SMILES string of the molecule is CCN(C(=O)[C@H]1c2ccccc2C(=O)N(CCOC)[C@@H]1c1cccs1)c1ccccc1C. The maximum absolute atomic E-state index is 14.2. The third kappa shape index (κ3) is 3.96. The van der Waals surface area contributed by atoms with Gasteiger partial charge in [0.25, 0.3) is 5.91 Å². The largest absolute Gasteiger partial charge is 0.383 e. The summed E-state index contributed by atoms with van der Waals surface area (Å²) in [5, 5.41) is 2.00. The van der Waals surface area contributed by atoms with Crippen LogP contribution in [0.15, 0.2) is 66.0 Å². The van der Waals surface area contributed by atoms with Crippen molar-refractivity contribution in [2.45, 2.75) is 25.8 Å². The summed E-state index contributed by atoms with van der Waals surface area (Å²) in [6, 6.07) is 19.1. The van der Waals surface area contributed by atoms with Crippen LogP contribution in [0.3, 0.4) is 0 Å². The highest BCUT2D eigenvalue weighted by Gasteiger charge is 2.45. The highest BCUT2D eigenvalue weighted by Crippen LogP contribution is 2.45. The molecule has 2 heterocycles. The van der Waals surface area contributed by atoms with E-state index < -0.39 is 5.92 Å². The Labute approximate surface area is 193 Å². The number of para-hydroxylation sites is 1. The summed E-state index contributed by atoms with van der Waals surface area (Å²) < 4.78 is 5.31. The molecule has 0 saturated heterocycles. The van der Waals surface area contributed by atoms with Crippen molar-refractivity contribution in [3.05, 3.63) is 87.6 Å². The zero-order valence-electron chi connectivity index (χ0n) is 18.7. The molecule has 0 unspecified atom stereocenters. The minimum absolute atomic E-state index is 0.00238. The number of carbonyl (C=O) groups excluding carboxylic acids is 2. The van der Waals surface area contributed by atoms with Crippen LogP contribution in [0.5, 0.6) is 0 Å². The molecule has 3 aromatic rings. The predicted molar refractivity (Wildman–Crippen MR) is 128 cm³/mol. The van der Waals surface area contributed by atoms with Crippen LogP contribution in [0.25, 0.3) is 0 Å². The lowest BCUT2D eigenvalue weighted by atomic mass is 9.81. The topological polar surface area (TPSA) is 49.9 Å². The van der Waals surface area contributed by atoms with Gasteiger partial charge in [-0.25, -0.2) is 0 Å². The van der Waals surface area contributed by atoms with Gasteiger partial charge in [0, 0.05) is 36.3 Å². The molecule has 0 fully saturated rings. The van der Waals surface area contributed by atoms with E-state index in [9.17, 15) is 9.59 Å². The monoisotopic (exact) mass is 448 g/mol. The van der Waals surface area contributed by atoms with Gasteiger partial charge < -0.3 is 14.5 Å². The number of fused-ring (bicyclic) bond motifs is 1. The van der Waals surface area contributed by atoms with Crippen molar-refractivity contribution in [1.82, 2.24) is 4.90 Å². The number of thiophene rings is 1. The summed E-state index contributed by atoms with van der Waals surface area (Å²) in [4.78, 5) is 32.4. The van der Waals surface area contributed by atoms with Gasteiger partial charge >= 0.3 is 0 Å². The molecule has 0 bridgehead atoms. The maximum Gasteiger partial charge on any atom is 0.254 e. The molecule has 2 atom stereocenters. The number of likely N-dealkylation sites (N-methyl/N-ethyl adjacent to an activating group) is 1. The Hall–Kier alpha value is -2.96. The molecule has 32 heavy (non-hydrogen) atoms. The van der Waals surface area contributed by atoms with Gasteiger partial charge in [0.2, 0.25) is 5.91 Å². The molecule has 0 radical (unpaired) electrons. The third-order valence-corrected chi connectivity index (χ3v) is 7.01. The van der Waals surface area contributed by atoms with E-state index in [-0.39, 0.29) is 17.9 Å². The summed E-state index contributed by atoms with van der Waals surface area (Å²) in [6.45, 7) is 5.39. The number of nitrogens with zero attached hydrogens (tertiary/aromatic N) is 2. The lowest BCUT2D eigenvalue weighted by Gasteiger charge is -2.42. The first kappa shape index (κ1) is 22.2. The van der Waals surface area contributed by atoms with Crippen LogP contribution in [-0.4, -0.2) is 43.5 Å². The number of hydrogen-bond acceptors (Lipinski definition) is 4. The van der Waals surface area contributed by atoms with Crippen molar-refractivity contribution in [2.75, 3.05) is 31.7 Å². The smallest absolute Gasteiger partial charge is 0.254 e. The first-order valence-electron chi connectivity index (χ1n) is 10.9. The van der Waals surface area contributed by atoms with Crippen molar-refractivity contribution in [3.63, 3.8) is 0 Å². The van der Waals surface area contributed by atoms with Crippen LogP contribution < -0.4 is 4.90 Å². The lowest BCUT2D eigenvalue weighted by Crippen LogP contribution is -2.49. The molecule has 5 nitrogen and oxygen atoms in total. The second-order valence-corrected chi connectivity index (χ2v) is 8.86. The predicted octanol–water partition coefficient (Wildman–Crippen LogP) is 5.04. The van der Waals surface area contributed by atoms with E-state index in [0.29, 0.717) is 25.3 Å². The number of methoxy groups -OCH3 is 1. The van der Waals surface area contributed by atoms with Crippen molar-refractivity contribution in [1.29, 1.82) is 0 Å². The number of hydrogen-bond donors (Lipinski definition) is 0. The van der Waals surface area contributed by atoms with Crippen molar-refractivity contribution >= 4 is 28.8 Å². The van der Waals surface area contributed by atoms with Crippen LogP contribution in [0.4, 0.5) is 5.69 Å². The average Bonchev–Trinajstić information content (AvgIpc) is 3.34. The van der Waals surface area contributed by atoms with E-state index in [1.807, 2.05) is 89.7 Å². The molecule has 0 N–H and O–H groups in total. The fourth-order valence-corrected chi connectivity index (χ4v) is 5.42. The molecule has 6 heteroatoms. The van der Waals surface area contributed by atoms with E-state index >= 15 is 0 Å². The van der Waals surface area contributed by atoms with Crippen LogP contribution in [-0.2, 0) is 9.53 Å². The summed E-state index contributed by atoms with van der Waals surface area (Å²) in [5.41, 5.74) is 3.34. The number of rotatable bonds is 7. The van der Waals surface area contributed by atoms with Crippen LogP contribution in [0.2, 0.25) is 0 Å². The molecule has 4 rings (SSSR count). The van der Waals surface area contributed by atoms with Crippen molar-refractivity contribution in [2.24, 2.45) is 0 Å². The zero-order chi connectivity index (χ0) is 22.7. The summed E-state index contributed by atoms with van der Waals surface area (Å²) >= 11 is 1.58. The average molecular weight is 449 g/mol. The summed E-state index contributed by atoms with van der Waals surface area (Å²) in [7, 11) is 1.63. The third-order valence-electron chi connectivity index (χ3n) is 6.06. The lowest BCUT2D eigenvalue weighted by molar-refractivity contribution is -0.121. The minimum atomic E-state index is -0.501. The van der Waals surface area contributed by atoms with Gasteiger partial charge in [-0.3, -0.25) is 9.59 Å². The molecule has 2 amide bonds. The van der Waals surface area contributed by atoms with Gasteiger partial charge in [-0.1, -0.05) is 42.5 Å². The van der Waals surface area contributed by atoms with E-state index in [1.54, 1.807) is 18.4 Å². The normalized spacial score (nSPS) is 17.8. The Morgan fingerprint density at radius 1 is 1.09 bits per heavy atom. The maximum atomic E-state index is 14.2. The molecule has 1 aliphatic heterocycles. The molecule has 1 aromatic heterocycles. The fourth-order valence-electron chi connectivity index (χ4n) is 4.55. The highest BCUT2D eigenvalue weighted by molar-refractivity contribution is 7.10. The molecular weight excluding hydrogens is 420 g/mol. The number of carbonyl (C=O) groups is 2. The van der Waals surface area contributed by atoms with Crippen LogP contribution >= 0.6 is 11.3 Å². The number of anilines is 1. The summed E-state index contributed by atoms with van der Waals surface area (Å²) in [5.74, 6) is -0.555. The van der Waals surface area contributed by atoms with Gasteiger partial charge in [0.15, 0.2) is 0 Å². The van der Waals surface area contributed by atoms with E-state index in [1.165, 1.54) is 0 Å². The van der Waals surface area contributed by atoms with Gasteiger partial charge in [-0.2, -0.15) is 0 Å². The number of ether oxygens (including phenoxy) is 1. The van der Waals surface area contributed by atoms with Crippen LogP contribution in [0, 0.1) is 6.92 Å². The first-order valence-corrected chi connectivity index (χ1v) is 11.8. The second kappa shape index (κ2) is 9.67. The molecular formula is C26H28N2O3S. The van der Waals surface area contributed by atoms with Gasteiger partial charge in [-0.15, -0.1) is 11.3 Å². The van der Waals surface area contributed by atoms with E-state index in [0.717, 1.165) is 21.7 Å². The Bertz CT molecular complexity index is 1100. The fraction of sp³-hybridized carbons (Fsp3) is 0.308. The van der Waals surface area contributed by atoms with Crippen molar-refractivity contribution in [3.8, 4) is 0 Å². The Morgan fingerprint density at radius 2 is 1.84 bits per heavy atom. The number of aryl methyl sites for hydroxylation is 1. The standard InChI is InChI=1S/C26H28N2O3S/c1-4-27(21-13-8-5-10-18(21)2)26(30)23-19-11-6-7-12-20(19)25(29)28(15-16-31-3)24(23)22-14-9-17-32-22/h5-14,17,23-24H,4,15-16H2,1-3H3/t23-,24+/m0/s1. The Kier molecular flexibility index (Phi) is 6.72. The Morgan fingerprint density at radius 3 is 2.53 bits per heavy atom. The molecule has 0 saturated carbocycles. The van der Waals surface area contributed by atoms with Gasteiger partial charge in [0.05, 0.1) is 18.6 Å². The zero-order valence-corrected chi connectivity index (χ0v) is 19.5. The van der Waals surface area contributed by atoms with E-state index in [2.05, 4.69) is 0 Å². The quantitative estimate of drug-likeness (QED) is 0.509. The molecule has 0 spiro atoms. The van der Waals surface area contributed by atoms with E-state index in [4.69, 9.17) is 4.74 Å². The number of benzene rings is 2. The Balaban J connectivity index is 1.87. The second-order valence-electron chi connectivity index (χ2n) is 7.89. The first-order chi connectivity index (χ1) is 15.6. The van der Waals surface area contributed by atoms with Crippen molar-refractivity contribution < 1.29 is 14.3 Å². The summed E-state index contributed by atoms with van der Waals surface area (Å²) in [6.07, 6.45) is 0. The minimum Gasteiger partial charge on any atom is -0.383 e. The van der Waals surface area contributed by atoms with Gasteiger partial charge in [-0.05, 0) is 48.6 Å². The molecule has 166 valence electrons. The van der Waals surface area contributed by atoms with Gasteiger partial charge in [0.1, 0.15) is 0 Å². The van der Waals surface area contributed by atoms with Crippen LogP contribution in [0.1, 0.15) is 45.2 Å².